The standard InChI is InChI=1S/C11H12N4O3S2/c1-6-4-20-11(13-6)15-10(18)12-3-2-8-14-7(5-19-8)9(16)17/h4-5H,2-3H2,1H3,(H,16,17)(H2,12,13,15,18). The van der Waals surface area contributed by atoms with E-state index in [0.29, 0.717) is 23.1 Å². The molecule has 2 rings (SSSR count). The molecule has 0 unspecified atom stereocenters. The number of carbonyl (C=O) groups is 2. The Morgan fingerprint density at radius 3 is 2.70 bits per heavy atom. The molecule has 2 aromatic heterocycles. The Balaban J connectivity index is 1.74. The van der Waals surface area contributed by atoms with Crippen molar-refractivity contribution in [1.29, 1.82) is 0 Å². The monoisotopic (exact) mass is 312 g/mol. The minimum Gasteiger partial charge on any atom is -0.476 e. The highest BCUT2D eigenvalue weighted by Crippen LogP contribution is 2.14. The zero-order chi connectivity index (χ0) is 14.5. The summed E-state index contributed by atoms with van der Waals surface area (Å²) in [4.78, 5) is 30.3. The normalized spacial score (nSPS) is 10.2. The fraction of sp³-hybridized carbons (Fsp3) is 0.273. The van der Waals surface area contributed by atoms with Crippen LogP contribution in [0.25, 0.3) is 0 Å². The third kappa shape index (κ3) is 4.00. The highest BCUT2D eigenvalue weighted by atomic mass is 32.1. The maximum absolute atomic E-state index is 11.6. The van der Waals surface area contributed by atoms with Crippen LogP contribution in [0.2, 0.25) is 0 Å². The molecule has 0 aliphatic carbocycles. The van der Waals surface area contributed by atoms with Crippen LogP contribution in [0.1, 0.15) is 21.2 Å². The van der Waals surface area contributed by atoms with E-state index in [4.69, 9.17) is 5.11 Å². The Bertz CT molecular complexity index is 623. The van der Waals surface area contributed by atoms with Gasteiger partial charge in [0.1, 0.15) is 0 Å². The fourth-order valence-electron chi connectivity index (χ4n) is 1.36. The van der Waals surface area contributed by atoms with Gasteiger partial charge in [-0.05, 0) is 6.92 Å². The number of aryl methyl sites for hydroxylation is 1. The van der Waals surface area contributed by atoms with E-state index in [0.717, 1.165) is 5.69 Å². The van der Waals surface area contributed by atoms with Crippen molar-refractivity contribution in [2.45, 2.75) is 13.3 Å². The third-order valence-electron chi connectivity index (χ3n) is 2.23. The van der Waals surface area contributed by atoms with Gasteiger partial charge in [0, 0.05) is 23.7 Å². The van der Waals surface area contributed by atoms with Crippen molar-refractivity contribution in [2.75, 3.05) is 11.9 Å². The zero-order valence-electron chi connectivity index (χ0n) is 10.5. The summed E-state index contributed by atoms with van der Waals surface area (Å²) < 4.78 is 0. The van der Waals surface area contributed by atoms with Crippen LogP contribution < -0.4 is 10.6 Å². The number of hydrogen-bond acceptors (Lipinski definition) is 6. The maximum atomic E-state index is 11.6. The van der Waals surface area contributed by atoms with Crippen LogP contribution in [0.5, 0.6) is 0 Å². The lowest BCUT2D eigenvalue weighted by molar-refractivity contribution is 0.0691. The van der Waals surface area contributed by atoms with Gasteiger partial charge in [0.15, 0.2) is 10.8 Å². The van der Waals surface area contributed by atoms with E-state index in [1.54, 1.807) is 0 Å². The number of hydrogen-bond donors (Lipinski definition) is 3. The maximum Gasteiger partial charge on any atom is 0.355 e. The van der Waals surface area contributed by atoms with Crippen molar-refractivity contribution in [2.24, 2.45) is 0 Å². The summed E-state index contributed by atoms with van der Waals surface area (Å²) >= 11 is 2.62. The van der Waals surface area contributed by atoms with E-state index in [1.165, 1.54) is 28.1 Å². The predicted octanol–water partition coefficient (Wildman–Crippen LogP) is 1.97. The van der Waals surface area contributed by atoms with Crippen LogP contribution in [0.3, 0.4) is 0 Å². The molecule has 0 aliphatic heterocycles. The molecule has 0 saturated heterocycles. The minimum absolute atomic E-state index is 0.0349. The minimum atomic E-state index is -1.04. The van der Waals surface area contributed by atoms with Gasteiger partial charge in [0.05, 0.1) is 10.7 Å². The molecule has 2 aromatic rings. The summed E-state index contributed by atoms with van der Waals surface area (Å²) in [6.45, 7) is 2.23. The van der Waals surface area contributed by atoms with Crippen molar-refractivity contribution in [3.8, 4) is 0 Å². The molecule has 9 heteroatoms. The van der Waals surface area contributed by atoms with Crippen molar-refractivity contribution in [1.82, 2.24) is 15.3 Å². The SMILES string of the molecule is Cc1csc(NC(=O)NCCc2nc(C(=O)O)cs2)n1. The number of nitrogens with zero attached hydrogens (tertiary/aromatic N) is 2. The van der Waals surface area contributed by atoms with E-state index in [2.05, 4.69) is 20.6 Å². The number of urea groups is 1. The molecular formula is C11H12N4O3S2. The summed E-state index contributed by atoms with van der Waals surface area (Å²) in [6.07, 6.45) is 0.488. The van der Waals surface area contributed by atoms with Gasteiger partial charge in [0.25, 0.3) is 0 Å². The van der Waals surface area contributed by atoms with Gasteiger partial charge < -0.3 is 10.4 Å². The number of carboxylic acid groups (broad SMARTS) is 1. The predicted molar refractivity (Wildman–Crippen MR) is 76.6 cm³/mol. The van der Waals surface area contributed by atoms with Crippen molar-refractivity contribution in [3.63, 3.8) is 0 Å². The first-order chi connectivity index (χ1) is 9.54. The molecule has 0 bridgehead atoms. The molecule has 2 heterocycles. The first-order valence-corrected chi connectivity index (χ1v) is 7.45. The number of nitrogens with one attached hydrogen (secondary N) is 2. The van der Waals surface area contributed by atoms with Gasteiger partial charge in [-0.3, -0.25) is 5.32 Å². The van der Waals surface area contributed by atoms with Crippen LogP contribution in [-0.4, -0.2) is 33.6 Å². The molecule has 20 heavy (non-hydrogen) atoms. The second-order valence-corrected chi connectivity index (χ2v) is 5.66. The first kappa shape index (κ1) is 14.4. The number of amides is 2. The number of carboxylic acids is 1. The molecule has 3 N–H and O–H groups in total. The quantitative estimate of drug-likeness (QED) is 0.783. The van der Waals surface area contributed by atoms with Crippen LogP contribution in [-0.2, 0) is 6.42 Å². The van der Waals surface area contributed by atoms with Gasteiger partial charge in [-0.2, -0.15) is 0 Å². The number of aromatic carboxylic acids is 1. The van der Waals surface area contributed by atoms with Gasteiger partial charge in [-0.25, -0.2) is 19.6 Å². The molecule has 0 saturated carbocycles. The van der Waals surface area contributed by atoms with Gasteiger partial charge in [-0.15, -0.1) is 22.7 Å². The van der Waals surface area contributed by atoms with Gasteiger partial charge >= 0.3 is 12.0 Å². The molecule has 0 fully saturated rings. The lowest BCUT2D eigenvalue weighted by Crippen LogP contribution is -2.30. The van der Waals surface area contributed by atoms with Crippen LogP contribution in [0.4, 0.5) is 9.93 Å². The molecule has 0 aliphatic rings. The van der Waals surface area contributed by atoms with Crippen molar-refractivity contribution in [3.05, 3.63) is 27.2 Å². The third-order valence-corrected chi connectivity index (χ3v) is 4.02. The van der Waals surface area contributed by atoms with Crippen LogP contribution >= 0.6 is 22.7 Å². The second kappa shape index (κ2) is 6.44. The number of carbonyl (C=O) groups excluding carboxylic acids is 1. The van der Waals surface area contributed by atoms with E-state index in [1.807, 2.05) is 12.3 Å². The van der Waals surface area contributed by atoms with E-state index in [9.17, 15) is 9.59 Å². The molecule has 106 valence electrons. The molecule has 7 nitrogen and oxygen atoms in total. The number of rotatable bonds is 5. The Morgan fingerprint density at radius 2 is 2.10 bits per heavy atom. The highest BCUT2D eigenvalue weighted by molar-refractivity contribution is 7.13. The summed E-state index contributed by atoms with van der Waals surface area (Å²) in [7, 11) is 0. The summed E-state index contributed by atoms with van der Waals surface area (Å²) in [6, 6.07) is -0.339. The molecule has 2 amide bonds. The fourth-order valence-corrected chi connectivity index (χ4v) is 2.81. The number of thiazole rings is 2. The van der Waals surface area contributed by atoms with Crippen LogP contribution in [0.15, 0.2) is 10.8 Å². The second-order valence-electron chi connectivity index (χ2n) is 3.86. The summed E-state index contributed by atoms with van der Waals surface area (Å²) in [5.74, 6) is -1.04. The average molecular weight is 312 g/mol. The molecule has 0 radical (unpaired) electrons. The Kier molecular flexibility index (Phi) is 4.64. The molecule has 0 spiro atoms. The smallest absolute Gasteiger partial charge is 0.355 e. The summed E-state index contributed by atoms with van der Waals surface area (Å²) in [5, 5.41) is 18.6. The van der Waals surface area contributed by atoms with E-state index < -0.39 is 5.97 Å². The molecular weight excluding hydrogens is 300 g/mol. The zero-order valence-corrected chi connectivity index (χ0v) is 12.2. The van der Waals surface area contributed by atoms with E-state index in [-0.39, 0.29) is 11.7 Å². The van der Waals surface area contributed by atoms with E-state index >= 15 is 0 Å². The average Bonchev–Trinajstić information content (AvgIpc) is 2.99. The Hall–Kier alpha value is -2.00. The molecule has 0 aromatic carbocycles. The largest absolute Gasteiger partial charge is 0.476 e. The topological polar surface area (TPSA) is 104 Å². The highest BCUT2D eigenvalue weighted by Gasteiger charge is 2.09. The summed E-state index contributed by atoms with van der Waals surface area (Å²) in [5.41, 5.74) is 0.891. The first-order valence-electron chi connectivity index (χ1n) is 5.69. The lowest BCUT2D eigenvalue weighted by Gasteiger charge is -2.03. The molecule has 0 atom stereocenters. The Morgan fingerprint density at radius 1 is 1.30 bits per heavy atom. The van der Waals surface area contributed by atoms with Crippen molar-refractivity contribution >= 4 is 39.8 Å². The van der Waals surface area contributed by atoms with Gasteiger partial charge in [-0.1, -0.05) is 0 Å². The van der Waals surface area contributed by atoms with Gasteiger partial charge in [0.2, 0.25) is 0 Å². The number of aromatic nitrogens is 2. The lowest BCUT2D eigenvalue weighted by atomic mass is 10.4. The Labute approximate surface area is 122 Å². The number of anilines is 1. The van der Waals surface area contributed by atoms with Crippen molar-refractivity contribution < 1.29 is 14.7 Å². The van der Waals surface area contributed by atoms with Crippen LogP contribution in [0, 0.1) is 6.92 Å².